The molecule has 1 atom stereocenters. The number of aromatic amines is 1. The van der Waals surface area contributed by atoms with Gasteiger partial charge < -0.3 is 10.3 Å². The van der Waals surface area contributed by atoms with Crippen molar-refractivity contribution in [3.05, 3.63) is 35.5 Å². The maximum atomic E-state index is 3.60. The van der Waals surface area contributed by atoms with Crippen LogP contribution in [0.5, 0.6) is 0 Å². The van der Waals surface area contributed by atoms with Crippen molar-refractivity contribution in [2.45, 2.75) is 18.8 Å². The highest BCUT2D eigenvalue weighted by Crippen LogP contribution is 2.32. The van der Waals surface area contributed by atoms with Gasteiger partial charge in [0.15, 0.2) is 0 Å². The SMILES string of the molecule is CSCCC1CNCCc2c[nH]c3cccc1c23. The topological polar surface area (TPSA) is 27.8 Å². The molecule has 0 saturated carbocycles. The molecule has 1 aromatic heterocycles. The van der Waals surface area contributed by atoms with Crippen LogP contribution < -0.4 is 5.32 Å². The first-order valence-electron chi connectivity index (χ1n) is 6.68. The Balaban J connectivity index is 2.06. The van der Waals surface area contributed by atoms with Gasteiger partial charge in [-0.05, 0) is 54.5 Å². The Morgan fingerprint density at radius 3 is 3.22 bits per heavy atom. The minimum Gasteiger partial charge on any atom is -0.361 e. The summed E-state index contributed by atoms with van der Waals surface area (Å²) in [5.41, 5.74) is 4.31. The van der Waals surface area contributed by atoms with Crippen LogP contribution in [0.1, 0.15) is 23.5 Å². The lowest BCUT2D eigenvalue weighted by molar-refractivity contribution is 0.571. The number of thioether (sulfide) groups is 1. The molecule has 3 heteroatoms. The smallest absolute Gasteiger partial charge is 0.0459 e. The van der Waals surface area contributed by atoms with Crippen LogP contribution in [0.2, 0.25) is 0 Å². The van der Waals surface area contributed by atoms with Crippen molar-refractivity contribution >= 4 is 22.7 Å². The van der Waals surface area contributed by atoms with E-state index < -0.39 is 0 Å². The molecule has 2 nitrogen and oxygen atoms in total. The number of nitrogens with one attached hydrogen (secondary N) is 2. The molecule has 1 unspecified atom stereocenters. The van der Waals surface area contributed by atoms with Gasteiger partial charge >= 0.3 is 0 Å². The summed E-state index contributed by atoms with van der Waals surface area (Å²) in [7, 11) is 0. The molecular weight excluding hydrogens is 240 g/mol. The normalized spacial score (nSPS) is 19.7. The Bertz CT molecular complexity index is 532. The zero-order chi connectivity index (χ0) is 12.4. The first-order chi connectivity index (χ1) is 8.90. The minimum atomic E-state index is 0.649. The maximum absolute atomic E-state index is 3.60. The Hall–Kier alpha value is -0.930. The van der Waals surface area contributed by atoms with Crippen molar-refractivity contribution in [2.24, 2.45) is 0 Å². The molecule has 1 aliphatic heterocycles. The Kier molecular flexibility index (Phi) is 3.62. The van der Waals surface area contributed by atoms with Crippen molar-refractivity contribution < 1.29 is 0 Å². The average molecular weight is 260 g/mol. The van der Waals surface area contributed by atoms with Gasteiger partial charge in [-0.25, -0.2) is 0 Å². The van der Waals surface area contributed by atoms with E-state index in [1.54, 1.807) is 0 Å². The van der Waals surface area contributed by atoms with Gasteiger partial charge in [-0.2, -0.15) is 11.8 Å². The summed E-state index contributed by atoms with van der Waals surface area (Å²) in [5.74, 6) is 1.89. The largest absolute Gasteiger partial charge is 0.361 e. The number of benzene rings is 1. The second-order valence-corrected chi connectivity index (χ2v) is 6.00. The molecule has 1 aliphatic rings. The van der Waals surface area contributed by atoms with Crippen LogP contribution in [0.15, 0.2) is 24.4 Å². The van der Waals surface area contributed by atoms with E-state index in [2.05, 4.69) is 41.0 Å². The summed E-state index contributed by atoms with van der Waals surface area (Å²) < 4.78 is 0. The minimum absolute atomic E-state index is 0.649. The number of rotatable bonds is 3. The lowest BCUT2D eigenvalue weighted by Gasteiger charge is -2.22. The molecule has 0 amide bonds. The lowest BCUT2D eigenvalue weighted by atomic mass is 9.90. The summed E-state index contributed by atoms with van der Waals surface area (Å²) in [6, 6.07) is 6.70. The van der Waals surface area contributed by atoms with Crippen molar-refractivity contribution in [2.75, 3.05) is 25.1 Å². The third kappa shape index (κ3) is 2.17. The average Bonchev–Trinajstić information content (AvgIpc) is 2.79. The monoisotopic (exact) mass is 260 g/mol. The van der Waals surface area contributed by atoms with Gasteiger partial charge in [-0.15, -0.1) is 0 Å². The van der Waals surface area contributed by atoms with Gasteiger partial charge in [0.25, 0.3) is 0 Å². The number of H-pyrrole nitrogens is 1. The fraction of sp³-hybridized carbons (Fsp3) is 0.467. The van der Waals surface area contributed by atoms with Crippen molar-refractivity contribution in [3.63, 3.8) is 0 Å². The highest BCUT2D eigenvalue weighted by Gasteiger charge is 2.18. The summed E-state index contributed by atoms with van der Waals surface area (Å²) in [4.78, 5) is 3.42. The summed E-state index contributed by atoms with van der Waals surface area (Å²) in [5, 5.41) is 5.09. The zero-order valence-corrected chi connectivity index (χ0v) is 11.6. The number of hydrogen-bond acceptors (Lipinski definition) is 2. The molecule has 0 fully saturated rings. The lowest BCUT2D eigenvalue weighted by Crippen LogP contribution is -2.26. The summed E-state index contributed by atoms with van der Waals surface area (Å²) >= 11 is 1.94. The van der Waals surface area contributed by atoms with Crippen LogP contribution in [0.3, 0.4) is 0 Å². The van der Waals surface area contributed by atoms with Gasteiger partial charge in [0, 0.05) is 23.6 Å². The van der Waals surface area contributed by atoms with Crippen molar-refractivity contribution in [1.29, 1.82) is 0 Å². The Morgan fingerprint density at radius 1 is 1.39 bits per heavy atom. The quantitative estimate of drug-likeness (QED) is 0.887. The van der Waals surface area contributed by atoms with Crippen LogP contribution in [0.4, 0.5) is 0 Å². The molecule has 0 spiro atoms. The van der Waals surface area contributed by atoms with E-state index in [9.17, 15) is 0 Å². The van der Waals surface area contributed by atoms with Crippen LogP contribution in [0.25, 0.3) is 10.9 Å². The standard InChI is InChI=1S/C15H20N2S/c1-18-8-6-11-9-16-7-5-12-10-17-14-4-2-3-13(11)15(12)14/h2-4,10-11,16-17H,5-9H2,1H3. The molecule has 0 radical (unpaired) electrons. The van der Waals surface area contributed by atoms with Crippen LogP contribution in [-0.2, 0) is 6.42 Å². The van der Waals surface area contributed by atoms with E-state index in [1.165, 1.54) is 34.2 Å². The molecule has 0 bridgehead atoms. The van der Waals surface area contributed by atoms with E-state index in [0.717, 1.165) is 19.5 Å². The second kappa shape index (κ2) is 5.37. The fourth-order valence-corrected chi connectivity index (χ4v) is 3.47. The summed E-state index contributed by atoms with van der Waals surface area (Å²) in [6.07, 6.45) is 6.77. The molecule has 2 aromatic rings. The molecule has 1 aromatic carbocycles. The number of hydrogen-bond donors (Lipinski definition) is 2. The molecule has 0 saturated heterocycles. The van der Waals surface area contributed by atoms with Gasteiger partial charge in [-0.3, -0.25) is 0 Å². The third-order valence-corrected chi connectivity index (χ3v) is 4.54. The van der Waals surface area contributed by atoms with Crippen molar-refractivity contribution in [1.82, 2.24) is 10.3 Å². The second-order valence-electron chi connectivity index (χ2n) is 5.02. The van der Waals surface area contributed by atoms with Gasteiger partial charge in [-0.1, -0.05) is 12.1 Å². The van der Waals surface area contributed by atoms with E-state index in [1.807, 2.05) is 11.8 Å². The predicted octanol–water partition coefficient (Wildman–Crippen LogP) is 3.15. The molecule has 2 heterocycles. The van der Waals surface area contributed by atoms with Crippen LogP contribution in [-0.4, -0.2) is 30.1 Å². The molecular formula is C15H20N2S. The Labute approximate surface area is 113 Å². The predicted molar refractivity (Wildman–Crippen MR) is 80.6 cm³/mol. The molecule has 0 aliphatic carbocycles. The molecule has 96 valence electrons. The molecule has 2 N–H and O–H groups in total. The van der Waals surface area contributed by atoms with Gasteiger partial charge in [0.1, 0.15) is 0 Å². The summed E-state index contributed by atoms with van der Waals surface area (Å²) in [6.45, 7) is 2.21. The van der Waals surface area contributed by atoms with E-state index in [0.29, 0.717) is 5.92 Å². The van der Waals surface area contributed by atoms with E-state index in [4.69, 9.17) is 0 Å². The molecule has 18 heavy (non-hydrogen) atoms. The van der Waals surface area contributed by atoms with E-state index >= 15 is 0 Å². The zero-order valence-electron chi connectivity index (χ0n) is 10.8. The number of aromatic nitrogens is 1. The van der Waals surface area contributed by atoms with Crippen LogP contribution >= 0.6 is 11.8 Å². The third-order valence-electron chi connectivity index (χ3n) is 3.89. The van der Waals surface area contributed by atoms with Crippen molar-refractivity contribution in [3.8, 4) is 0 Å². The first kappa shape index (κ1) is 12.1. The molecule has 3 rings (SSSR count). The first-order valence-corrected chi connectivity index (χ1v) is 8.08. The van der Waals surface area contributed by atoms with Crippen LogP contribution in [0, 0.1) is 0 Å². The van der Waals surface area contributed by atoms with E-state index in [-0.39, 0.29) is 0 Å². The maximum Gasteiger partial charge on any atom is 0.0459 e. The van der Waals surface area contributed by atoms with Gasteiger partial charge in [0.05, 0.1) is 0 Å². The van der Waals surface area contributed by atoms with Gasteiger partial charge in [0.2, 0.25) is 0 Å². The Morgan fingerprint density at radius 2 is 2.33 bits per heavy atom. The fourth-order valence-electron chi connectivity index (χ4n) is 2.95. The highest BCUT2D eigenvalue weighted by atomic mass is 32.2. The highest BCUT2D eigenvalue weighted by molar-refractivity contribution is 7.98.